The van der Waals surface area contributed by atoms with Crippen molar-refractivity contribution >= 4 is 0 Å². The number of para-hydroxylation sites is 1. The van der Waals surface area contributed by atoms with Crippen molar-refractivity contribution in [3.8, 4) is 5.75 Å². The molecule has 2 aliphatic rings. The number of hydrogen-bond acceptors (Lipinski definition) is 4. The molecule has 0 amide bonds. The summed E-state index contributed by atoms with van der Waals surface area (Å²) in [6.45, 7) is 4.27. The van der Waals surface area contributed by atoms with Gasteiger partial charge in [-0.25, -0.2) is 0 Å². The smallest absolute Gasteiger partial charge is 0.170 e. The molecule has 132 valence electrons. The van der Waals surface area contributed by atoms with Crippen molar-refractivity contribution in [1.82, 2.24) is 4.90 Å². The molecule has 1 atom stereocenters. The minimum absolute atomic E-state index is 0.0167. The van der Waals surface area contributed by atoms with Crippen LogP contribution in [0.1, 0.15) is 24.5 Å². The number of hydrogen-bond donors (Lipinski definition) is 0. The monoisotopic (exact) mass is 339 g/mol. The summed E-state index contributed by atoms with van der Waals surface area (Å²) in [5.74, 6) is 0.589. The minimum atomic E-state index is -0.320. The SMILES string of the molecule is c1ccc(O[C@H](CN2CCC3(CC2)OCCO3)c2ccccc2)cc1. The van der Waals surface area contributed by atoms with Crippen molar-refractivity contribution < 1.29 is 14.2 Å². The fraction of sp³-hybridized carbons (Fsp3) is 0.429. The Hall–Kier alpha value is -1.88. The largest absolute Gasteiger partial charge is 0.484 e. The van der Waals surface area contributed by atoms with E-state index in [2.05, 4.69) is 29.2 Å². The molecular formula is C21H25NO3. The van der Waals surface area contributed by atoms with Crippen LogP contribution in [0.2, 0.25) is 0 Å². The van der Waals surface area contributed by atoms with Crippen LogP contribution in [-0.4, -0.2) is 43.5 Å². The Balaban J connectivity index is 1.43. The zero-order chi connectivity index (χ0) is 17.0. The normalized spacial score (nSPS) is 21.3. The summed E-state index contributed by atoms with van der Waals surface area (Å²) in [7, 11) is 0. The third-order valence-electron chi connectivity index (χ3n) is 5.05. The van der Waals surface area contributed by atoms with E-state index in [0.717, 1.165) is 51.4 Å². The van der Waals surface area contributed by atoms with E-state index >= 15 is 0 Å². The van der Waals surface area contributed by atoms with Crippen molar-refractivity contribution in [1.29, 1.82) is 0 Å². The molecule has 0 bridgehead atoms. The van der Waals surface area contributed by atoms with Gasteiger partial charge in [-0.3, -0.25) is 4.90 Å². The standard InChI is InChI=1S/C21H25NO3/c1-3-7-18(8-4-1)20(25-19-9-5-2-6-10-19)17-22-13-11-21(12-14-22)23-15-16-24-21/h1-10,20H,11-17H2/t20-/m1/s1. The van der Waals surface area contributed by atoms with Crippen LogP contribution in [0.3, 0.4) is 0 Å². The fourth-order valence-electron chi connectivity index (χ4n) is 3.64. The summed E-state index contributed by atoms with van der Waals surface area (Å²) >= 11 is 0. The Morgan fingerprint density at radius 3 is 2.12 bits per heavy atom. The molecule has 2 heterocycles. The molecule has 1 spiro atoms. The Morgan fingerprint density at radius 1 is 0.880 bits per heavy atom. The highest BCUT2D eigenvalue weighted by Gasteiger charge is 2.40. The van der Waals surface area contributed by atoms with Gasteiger partial charge in [0.1, 0.15) is 11.9 Å². The lowest BCUT2D eigenvalue weighted by Crippen LogP contribution is -2.46. The Bertz CT molecular complexity index is 645. The lowest BCUT2D eigenvalue weighted by atomic mass is 10.0. The Morgan fingerprint density at radius 2 is 1.48 bits per heavy atom. The van der Waals surface area contributed by atoms with Gasteiger partial charge in [-0.2, -0.15) is 0 Å². The maximum Gasteiger partial charge on any atom is 0.170 e. The number of rotatable bonds is 5. The quantitative estimate of drug-likeness (QED) is 0.832. The summed E-state index contributed by atoms with van der Waals surface area (Å²) < 4.78 is 18.0. The molecule has 0 N–H and O–H groups in total. The van der Waals surface area contributed by atoms with Crippen molar-refractivity contribution in [2.45, 2.75) is 24.7 Å². The lowest BCUT2D eigenvalue weighted by Gasteiger charge is -2.38. The van der Waals surface area contributed by atoms with Crippen LogP contribution < -0.4 is 4.74 Å². The van der Waals surface area contributed by atoms with Crippen molar-refractivity contribution in [2.75, 3.05) is 32.8 Å². The molecule has 2 aliphatic heterocycles. The van der Waals surface area contributed by atoms with Crippen LogP contribution >= 0.6 is 0 Å². The van der Waals surface area contributed by atoms with Crippen LogP contribution in [0.4, 0.5) is 0 Å². The molecule has 25 heavy (non-hydrogen) atoms. The van der Waals surface area contributed by atoms with Crippen LogP contribution in [0, 0.1) is 0 Å². The number of nitrogens with zero attached hydrogens (tertiary/aromatic N) is 1. The van der Waals surface area contributed by atoms with Crippen LogP contribution in [0.15, 0.2) is 60.7 Å². The maximum atomic E-state index is 6.32. The molecule has 2 aromatic carbocycles. The second kappa shape index (κ2) is 7.56. The van der Waals surface area contributed by atoms with Crippen LogP contribution in [-0.2, 0) is 9.47 Å². The molecule has 0 aliphatic carbocycles. The van der Waals surface area contributed by atoms with E-state index in [-0.39, 0.29) is 11.9 Å². The highest BCUT2D eigenvalue weighted by molar-refractivity contribution is 5.24. The predicted octanol–water partition coefficient (Wildman–Crippen LogP) is 3.65. The van der Waals surface area contributed by atoms with Gasteiger partial charge in [0.2, 0.25) is 0 Å². The highest BCUT2D eigenvalue weighted by atomic mass is 16.7. The molecule has 4 nitrogen and oxygen atoms in total. The molecule has 2 aromatic rings. The molecule has 0 radical (unpaired) electrons. The van der Waals surface area contributed by atoms with E-state index in [9.17, 15) is 0 Å². The Labute approximate surface area is 149 Å². The average Bonchev–Trinajstić information content (AvgIpc) is 3.13. The molecule has 4 rings (SSSR count). The Kier molecular flexibility index (Phi) is 5.02. The molecule has 0 unspecified atom stereocenters. The zero-order valence-corrected chi connectivity index (χ0v) is 14.5. The molecule has 4 heteroatoms. The second-order valence-electron chi connectivity index (χ2n) is 6.74. The van der Waals surface area contributed by atoms with Gasteiger partial charge in [-0.15, -0.1) is 0 Å². The summed E-state index contributed by atoms with van der Waals surface area (Å²) in [5.41, 5.74) is 1.21. The van der Waals surface area contributed by atoms with Gasteiger partial charge < -0.3 is 14.2 Å². The summed E-state index contributed by atoms with van der Waals surface area (Å²) in [6, 6.07) is 20.5. The topological polar surface area (TPSA) is 30.9 Å². The molecule has 0 aromatic heterocycles. The predicted molar refractivity (Wildman–Crippen MR) is 96.6 cm³/mol. The van der Waals surface area contributed by atoms with E-state index < -0.39 is 0 Å². The number of likely N-dealkylation sites (tertiary alicyclic amines) is 1. The third-order valence-corrected chi connectivity index (χ3v) is 5.05. The third kappa shape index (κ3) is 4.03. The summed E-state index contributed by atoms with van der Waals surface area (Å²) in [5, 5.41) is 0. The van der Waals surface area contributed by atoms with Gasteiger partial charge in [-0.05, 0) is 17.7 Å². The van der Waals surface area contributed by atoms with Gasteiger partial charge in [0.05, 0.1) is 13.2 Å². The van der Waals surface area contributed by atoms with Crippen LogP contribution in [0.25, 0.3) is 0 Å². The summed E-state index contributed by atoms with van der Waals surface area (Å²) in [4.78, 5) is 2.46. The van der Waals surface area contributed by atoms with Gasteiger partial charge in [0.25, 0.3) is 0 Å². The molecule has 0 saturated carbocycles. The molecule has 2 saturated heterocycles. The van der Waals surface area contributed by atoms with Gasteiger partial charge in [0.15, 0.2) is 5.79 Å². The minimum Gasteiger partial charge on any atom is -0.484 e. The van der Waals surface area contributed by atoms with E-state index in [1.807, 2.05) is 36.4 Å². The van der Waals surface area contributed by atoms with Crippen molar-refractivity contribution in [3.05, 3.63) is 66.2 Å². The van der Waals surface area contributed by atoms with E-state index in [1.54, 1.807) is 0 Å². The summed E-state index contributed by atoms with van der Waals surface area (Å²) in [6.07, 6.45) is 1.88. The first-order valence-electron chi connectivity index (χ1n) is 9.10. The first kappa shape index (κ1) is 16.6. The maximum absolute atomic E-state index is 6.32. The average molecular weight is 339 g/mol. The van der Waals surface area contributed by atoms with Crippen molar-refractivity contribution in [3.63, 3.8) is 0 Å². The van der Waals surface area contributed by atoms with E-state index in [0.29, 0.717) is 0 Å². The lowest BCUT2D eigenvalue weighted by molar-refractivity contribution is -0.186. The number of ether oxygens (including phenoxy) is 3. The first-order chi connectivity index (χ1) is 12.3. The first-order valence-corrected chi connectivity index (χ1v) is 9.10. The highest BCUT2D eigenvalue weighted by Crippen LogP contribution is 2.32. The van der Waals surface area contributed by atoms with Gasteiger partial charge in [-0.1, -0.05) is 48.5 Å². The van der Waals surface area contributed by atoms with Crippen LogP contribution in [0.5, 0.6) is 5.75 Å². The van der Waals surface area contributed by atoms with E-state index in [4.69, 9.17) is 14.2 Å². The second-order valence-corrected chi connectivity index (χ2v) is 6.74. The molecular weight excluding hydrogens is 314 g/mol. The molecule has 2 fully saturated rings. The van der Waals surface area contributed by atoms with E-state index in [1.165, 1.54) is 5.56 Å². The van der Waals surface area contributed by atoms with Gasteiger partial charge in [0, 0.05) is 32.5 Å². The zero-order valence-electron chi connectivity index (χ0n) is 14.5. The van der Waals surface area contributed by atoms with Gasteiger partial charge >= 0.3 is 0 Å². The number of piperidine rings is 1. The van der Waals surface area contributed by atoms with Crippen molar-refractivity contribution in [2.24, 2.45) is 0 Å². The fourth-order valence-corrected chi connectivity index (χ4v) is 3.64. The number of benzene rings is 2.